The van der Waals surface area contributed by atoms with Crippen molar-refractivity contribution < 1.29 is 14.4 Å². The van der Waals surface area contributed by atoms with Crippen LogP contribution in [0.2, 0.25) is 0 Å². The quantitative estimate of drug-likeness (QED) is 0.406. The second kappa shape index (κ2) is 2.29. The number of aromatic nitrogens is 1. The van der Waals surface area contributed by atoms with Crippen LogP contribution in [0.4, 0.5) is 0 Å². The first-order valence-electron chi connectivity index (χ1n) is 3.67. The number of carbonyl (C=O) groups is 3. The van der Waals surface area contributed by atoms with E-state index in [-0.39, 0.29) is 5.69 Å². The number of amides is 2. The Labute approximate surface area is 73.5 Å². The number of fused-ring (bicyclic) bond motifs is 1. The summed E-state index contributed by atoms with van der Waals surface area (Å²) >= 11 is 0. The van der Waals surface area contributed by atoms with Gasteiger partial charge in [0.15, 0.2) is 0 Å². The summed E-state index contributed by atoms with van der Waals surface area (Å²) in [7, 11) is 1.29. The molecule has 1 aliphatic heterocycles. The Balaban J connectivity index is 2.66. The molecular formula is C8H6N2O3. The first-order valence-corrected chi connectivity index (χ1v) is 3.67. The molecule has 5 heteroatoms. The molecule has 66 valence electrons. The van der Waals surface area contributed by atoms with Crippen LogP contribution >= 0.6 is 0 Å². The SMILES string of the molecule is CN1C(=O)C(=O)n2cccc2C1=O. The summed E-state index contributed by atoms with van der Waals surface area (Å²) in [5, 5.41) is 0. The second-order valence-corrected chi connectivity index (χ2v) is 2.74. The van der Waals surface area contributed by atoms with Gasteiger partial charge in [-0.3, -0.25) is 23.9 Å². The highest BCUT2D eigenvalue weighted by Gasteiger charge is 2.34. The summed E-state index contributed by atoms with van der Waals surface area (Å²) < 4.78 is 1.06. The lowest BCUT2D eigenvalue weighted by molar-refractivity contribution is -0.124. The number of hydrogen-bond donors (Lipinski definition) is 0. The zero-order valence-electron chi connectivity index (χ0n) is 6.85. The Hall–Kier alpha value is -1.91. The fraction of sp³-hybridized carbons (Fsp3) is 0.125. The Morgan fingerprint density at radius 1 is 1.08 bits per heavy atom. The fourth-order valence-electron chi connectivity index (χ4n) is 1.24. The minimum absolute atomic E-state index is 0.229. The van der Waals surface area contributed by atoms with E-state index in [4.69, 9.17) is 0 Å². The second-order valence-electron chi connectivity index (χ2n) is 2.74. The highest BCUT2D eigenvalue weighted by atomic mass is 16.2. The molecule has 0 saturated carbocycles. The molecule has 13 heavy (non-hydrogen) atoms. The number of hydrogen-bond acceptors (Lipinski definition) is 3. The average Bonchev–Trinajstić information content (AvgIpc) is 2.59. The van der Waals surface area contributed by atoms with Crippen LogP contribution < -0.4 is 0 Å². The number of rotatable bonds is 0. The van der Waals surface area contributed by atoms with Gasteiger partial charge in [-0.15, -0.1) is 0 Å². The third-order valence-corrected chi connectivity index (χ3v) is 1.98. The Bertz CT molecular complexity index is 419. The Morgan fingerprint density at radius 2 is 1.77 bits per heavy atom. The topological polar surface area (TPSA) is 59.4 Å². The predicted octanol–water partition coefficient (Wildman–Crippen LogP) is -0.260. The number of nitrogens with zero attached hydrogens (tertiary/aromatic N) is 2. The monoisotopic (exact) mass is 178 g/mol. The van der Waals surface area contributed by atoms with Crippen LogP contribution in [-0.4, -0.2) is 34.2 Å². The van der Waals surface area contributed by atoms with Crippen LogP contribution in [0.25, 0.3) is 0 Å². The molecule has 2 amide bonds. The normalized spacial score (nSPS) is 16.4. The van der Waals surface area contributed by atoms with Gasteiger partial charge in [-0.05, 0) is 12.1 Å². The summed E-state index contributed by atoms with van der Waals surface area (Å²) in [5.41, 5.74) is 0.229. The van der Waals surface area contributed by atoms with E-state index in [2.05, 4.69) is 0 Å². The zero-order valence-corrected chi connectivity index (χ0v) is 6.85. The Kier molecular flexibility index (Phi) is 1.36. The molecule has 0 aromatic carbocycles. The van der Waals surface area contributed by atoms with Gasteiger partial charge in [-0.2, -0.15) is 0 Å². The van der Waals surface area contributed by atoms with Crippen molar-refractivity contribution in [2.75, 3.05) is 7.05 Å². The van der Waals surface area contributed by atoms with Crippen molar-refractivity contribution in [2.24, 2.45) is 0 Å². The molecule has 0 atom stereocenters. The third-order valence-electron chi connectivity index (χ3n) is 1.98. The summed E-state index contributed by atoms with van der Waals surface area (Å²) in [5.74, 6) is -1.94. The molecule has 0 unspecified atom stereocenters. The number of imide groups is 1. The van der Waals surface area contributed by atoms with E-state index in [1.807, 2.05) is 0 Å². The molecule has 1 aromatic rings. The molecule has 1 aliphatic rings. The van der Waals surface area contributed by atoms with Crippen LogP contribution in [0.5, 0.6) is 0 Å². The van der Waals surface area contributed by atoms with Crippen molar-refractivity contribution in [1.29, 1.82) is 0 Å². The predicted molar refractivity (Wildman–Crippen MR) is 42.2 cm³/mol. The largest absolute Gasteiger partial charge is 0.321 e. The molecule has 0 radical (unpaired) electrons. The van der Waals surface area contributed by atoms with Crippen molar-refractivity contribution in [1.82, 2.24) is 9.47 Å². The first kappa shape index (κ1) is 7.72. The lowest BCUT2D eigenvalue weighted by atomic mass is 10.3. The maximum Gasteiger partial charge on any atom is 0.321 e. The number of likely N-dealkylation sites (N-methyl/N-ethyl adjacent to an activating group) is 1. The van der Waals surface area contributed by atoms with Crippen LogP contribution in [0.15, 0.2) is 18.3 Å². The van der Waals surface area contributed by atoms with Crippen molar-refractivity contribution in [3.63, 3.8) is 0 Å². The summed E-state index contributed by atoms with van der Waals surface area (Å²) in [6.07, 6.45) is 1.40. The number of carbonyl (C=O) groups excluding carboxylic acids is 3. The van der Waals surface area contributed by atoms with Gasteiger partial charge < -0.3 is 0 Å². The molecule has 5 nitrogen and oxygen atoms in total. The van der Waals surface area contributed by atoms with Crippen LogP contribution in [0.1, 0.15) is 15.3 Å². The van der Waals surface area contributed by atoms with Crippen LogP contribution in [0.3, 0.4) is 0 Å². The van der Waals surface area contributed by atoms with Gasteiger partial charge in [-0.1, -0.05) is 0 Å². The van der Waals surface area contributed by atoms with E-state index in [0.29, 0.717) is 0 Å². The van der Waals surface area contributed by atoms with E-state index in [1.54, 1.807) is 6.07 Å². The maximum absolute atomic E-state index is 11.4. The fourth-order valence-corrected chi connectivity index (χ4v) is 1.24. The van der Waals surface area contributed by atoms with Gasteiger partial charge in [0, 0.05) is 13.2 Å². The molecule has 2 heterocycles. The highest BCUT2D eigenvalue weighted by molar-refractivity contribution is 6.41. The van der Waals surface area contributed by atoms with Gasteiger partial charge >= 0.3 is 11.8 Å². The molecule has 0 aliphatic carbocycles. The van der Waals surface area contributed by atoms with Gasteiger partial charge in [0.05, 0.1) is 0 Å². The molecule has 0 N–H and O–H groups in total. The third kappa shape index (κ3) is 0.837. The first-order chi connectivity index (χ1) is 6.13. The van der Waals surface area contributed by atoms with Crippen molar-refractivity contribution in [3.8, 4) is 0 Å². The summed E-state index contributed by atoms with van der Waals surface area (Å²) in [6.45, 7) is 0. The smallest absolute Gasteiger partial charge is 0.274 e. The Morgan fingerprint density at radius 3 is 2.46 bits per heavy atom. The summed E-state index contributed by atoms with van der Waals surface area (Å²) in [4.78, 5) is 34.6. The van der Waals surface area contributed by atoms with Crippen LogP contribution in [0, 0.1) is 0 Å². The van der Waals surface area contributed by atoms with E-state index in [9.17, 15) is 14.4 Å². The van der Waals surface area contributed by atoms with E-state index in [0.717, 1.165) is 9.47 Å². The van der Waals surface area contributed by atoms with Gasteiger partial charge in [-0.25, -0.2) is 0 Å². The average molecular weight is 178 g/mol. The van der Waals surface area contributed by atoms with Crippen molar-refractivity contribution in [2.45, 2.75) is 0 Å². The van der Waals surface area contributed by atoms with Crippen molar-refractivity contribution in [3.05, 3.63) is 24.0 Å². The lowest BCUT2D eigenvalue weighted by Crippen LogP contribution is -2.46. The zero-order chi connectivity index (χ0) is 9.59. The molecule has 2 rings (SSSR count). The molecule has 0 fully saturated rings. The minimum Gasteiger partial charge on any atom is -0.274 e. The van der Waals surface area contributed by atoms with Gasteiger partial charge in [0.25, 0.3) is 5.91 Å². The van der Waals surface area contributed by atoms with E-state index < -0.39 is 17.7 Å². The maximum atomic E-state index is 11.4. The minimum atomic E-state index is -0.798. The molecular weight excluding hydrogens is 172 g/mol. The molecule has 0 spiro atoms. The van der Waals surface area contributed by atoms with Gasteiger partial charge in [0.2, 0.25) is 0 Å². The molecule has 0 bridgehead atoms. The summed E-state index contributed by atoms with van der Waals surface area (Å²) in [6, 6.07) is 3.06. The highest BCUT2D eigenvalue weighted by Crippen LogP contribution is 2.11. The van der Waals surface area contributed by atoms with E-state index >= 15 is 0 Å². The van der Waals surface area contributed by atoms with Crippen molar-refractivity contribution >= 4 is 17.7 Å². The molecule has 1 aromatic heterocycles. The van der Waals surface area contributed by atoms with Gasteiger partial charge in [0.1, 0.15) is 5.69 Å². The molecule has 0 saturated heterocycles. The lowest BCUT2D eigenvalue weighted by Gasteiger charge is -2.20. The standard InChI is InChI=1S/C8H6N2O3/c1-9-6(11)5-3-2-4-10(5)8(13)7(9)12/h2-4H,1H3. The van der Waals surface area contributed by atoms with Crippen LogP contribution in [-0.2, 0) is 4.79 Å². The van der Waals surface area contributed by atoms with E-state index in [1.165, 1.54) is 19.3 Å².